The van der Waals surface area contributed by atoms with E-state index in [4.69, 9.17) is 0 Å². The van der Waals surface area contributed by atoms with Gasteiger partial charge >= 0.3 is 0 Å². The second-order valence-corrected chi connectivity index (χ2v) is 1.00. The Morgan fingerprint density at radius 1 is 1.10 bits per heavy atom. The SMILES string of the molecule is [C-]1=CC=CC1.[CH3-].[Cl-].[Cl-].[Cl-].[Hf]. The van der Waals surface area contributed by atoms with Crippen molar-refractivity contribution in [3.8, 4) is 0 Å². The Morgan fingerprint density at radius 2 is 1.60 bits per heavy atom. The fourth-order valence-electron chi connectivity index (χ4n) is 0.340. The van der Waals surface area contributed by atoms with Gasteiger partial charge in [-0.2, -0.15) is 6.08 Å². The van der Waals surface area contributed by atoms with Crippen molar-refractivity contribution in [3.63, 3.8) is 0 Å². The smallest absolute Gasteiger partial charge is 0 e. The zero-order valence-electron chi connectivity index (χ0n) is 5.57. The molecule has 0 nitrogen and oxygen atoms in total. The minimum Gasteiger partial charge on any atom is -1.00 e. The van der Waals surface area contributed by atoms with E-state index in [1.54, 1.807) is 0 Å². The van der Waals surface area contributed by atoms with Crippen LogP contribution in [0.1, 0.15) is 6.42 Å². The summed E-state index contributed by atoms with van der Waals surface area (Å²) in [5, 5.41) is 0. The second kappa shape index (κ2) is 22.5. The molecule has 0 aromatic heterocycles. The summed E-state index contributed by atoms with van der Waals surface area (Å²) in [6.45, 7) is 0. The average molecular weight is 365 g/mol. The second-order valence-electron chi connectivity index (χ2n) is 1.00. The maximum atomic E-state index is 2.99. The van der Waals surface area contributed by atoms with Gasteiger partial charge in [0.05, 0.1) is 0 Å². The van der Waals surface area contributed by atoms with Gasteiger partial charge in [0.25, 0.3) is 0 Å². The maximum Gasteiger partial charge on any atom is 0 e. The first-order chi connectivity index (χ1) is 2.50. The first-order valence-corrected chi connectivity index (χ1v) is 1.72. The fraction of sp³-hybridized carbons (Fsp3) is 0.167. The van der Waals surface area contributed by atoms with Crippen LogP contribution in [0.25, 0.3) is 0 Å². The molecule has 0 saturated heterocycles. The Morgan fingerprint density at radius 3 is 1.70 bits per heavy atom. The third-order valence-electron chi connectivity index (χ3n) is 0.586. The molecule has 62 valence electrons. The normalized spacial score (nSPS) is 8.80. The van der Waals surface area contributed by atoms with Gasteiger partial charge in [0.15, 0.2) is 0 Å². The first kappa shape index (κ1) is 30.3. The number of halogens is 3. The number of hydrogen-bond acceptors (Lipinski definition) is 0. The Bertz CT molecular complexity index is 71.1. The van der Waals surface area contributed by atoms with E-state index in [0.29, 0.717) is 0 Å². The summed E-state index contributed by atoms with van der Waals surface area (Å²) in [4.78, 5) is 0. The summed E-state index contributed by atoms with van der Waals surface area (Å²) in [6.07, 6.45) is 10.0. The van der Waals surface area contributed by atoms with Crippen molar-refractivity contribution in [1.29, 1.82) is 0 Å². The standard InChI is InChI=1S/C5H5.CH3.3ClH.Hf/c1-2-4-5-3-1;;;;;/h1-3H,4H2;1H3;3*1H;/q2*-1;;;;/p-3. The molecular weight excluding hydrogens is 357 g/mol. The van der Waals surface area contributed by atoms with Gasteiger partial charge in [-0.25, -0.2) is 12.2 Å². The summed E-state index contributed by atoms with van der Waals surface area (Å²) in [6, 6.07) is 0. The Hall–Kier alpha value is 1.22. The summed E-state index contributed by atoms with van der Waals surface area (Å²) in [5.74, 6) is 0. The van der Waals surface area contributed by atoms with Crippen molar-refractivity contribution >= 4 is 0 Å². The van der Waals surface area contributed by atoms with Crippen LogP contribution in [-0.2, 0) is 25.8 Å². The molecule has 0 amide bonds. The van der Waals surface area contributed by atoms with Crippen molar-refractivity contribution in [2.75, 3.05) is 0 Å². The molecule has 0 heterocycles. The molecule has 0 unspecified atom stereocenters. The molecule has 0 aromatic carbocycles. The van der Waals surface area contributed by atoms with E-state index < -0.39 is 0 Å². The van der Waals surface area contributed by atoms with Crippen LogP contribution < -0.4 is 37.2 Å². The number of hydrogen-bond donors (Lipinski definition) is 0. The topological polar surface area (TPSA) is 0 Å². The van der Waals surface area contributed by atoms with E-state index >= 15 is 0 Å². The molecule has 4 heteroatoms. The third-order valence-corrected chi connectivity index (χ3v) is 0.586. The molecule has 0 spiro atoms. The van der Waals surface area contributed by atoms with Gasteiger partial charge in [-0.15, -0.1) is 6.42 Å². The third kappa shape index (κ3) is 16.1. The average Bonchev–Trinajstić information content (AvgIpc) is 1.76. The van der Waals surface area contributed by atoms with Gasteiger partial charge in [0.2, 0.25) is 0 Å². The quantitative estimate of drug-likeness (QED) is 0.296. The molecule has 1 aliphatic rings. The zero-order valence-corrected chi connectivity index (χ0v) is 11.4. The molecule has 0 aliphatic heterocycles. The number of allylic oxidation sites excluding steroid dienone is 4. The number of rotatable bonds is 0. The van der Waals surface area contributed by atoms with Gasteiger partial charge < -0.3 is 44.6 Å². The van der Waals surface area contributed by atoms with Crippen LogP contribution in [0.15, 0.2) is 18.2 Å². The van der Waals surface area contributed by atoms with Crippen molar-refractivity contribution in [2.45, 2.75) is 6.42 Å². The van der Waals surface area contributed by atoms with E-state index in [2.05, 4.69) is 12.2 Å². The van der Waals surface area contributed by atoms with Crippen molar-refractivity contribution < 1.29 is 63.1 Å². The monoisotopic (exact) mass is 365 g/mol. The van der Waals surface area contributed by atoms with E-state index in [1.807, 2.05) is 12.2 Å². The van der Waals surface area contributed by atoms with Gasteiger partial charge in [-0.05, 0) is 0 Å². The summed E-state index contributed by atoms with van der Waals surface area (Å²) in [7, 11) is 0. The molecule has 1 aliphatic carbocycles. The molecule has 0 N–H and O–H groups in total. The van der Waals surface area contributed by atoms with E-state index in [0.717, 1.165) is 6.42 Å². The van der Waals surface area contributed by atoms with Crippen LogP contribution >= 0.6 is 0 Å². The molecule has 0 saturated carbocycles. The summed E-state index contributed by atoms with van der Waals surface area (Å²) >= 11 is 0. The first-order valence-electron chi connectivity index (χ1n) is 1.72. The summed E-state index contributed by atoms with van der Waals surface area (Å²) in [5.41, 5.74) is 0. The van der Waals surface area contributed by atoms with Crippen LogP contribution in [0, 0.1) is 13.5 Å². The van der Waals surface area contributed by atoms with Gasteiger partial charge in [-0.3, -0.25) is 6.08 Å². The van der Waals surface area contributed by atoms with Gasteiger partial charge in [0, 0.05) is 25.8 Å². The molecule has 0 atom stereocenters. The van der Waals surface area contributed by atoms with E-state index in [9.17, 15) is 0 Å². The predicted octanol–water partition coefficient (Wildman–Crippen LogP) is -7.23. The van der Waals surface area contributed by atoms with Crippen LogP contribution in [0.2, 0.25) is 0 Å². The van der Waals surface area contributed by atoms with Crippen LogP contribution in [-0.4, -0.2) is 0 Å². The van der Waals surface area contributed by atoms with Crippen molar-refractivity contribution in [3.05, 3.63) is 31.7 Å². The molecule has 1 rings (SSSR count). The Labute approximate surface area is 101 Å². The molecule has 0 radical (unpaired) electrons. The molecule has 0 bridgehead atoms. The summed E-state index contributed by atoms with van der Waals surface area (Å²) < 4.78 is 0. The van der Waals surface area contributed by atoms with E-state index in [1.165, 1.54) is 0 Å². The molecule has 10 heavy (non-hydrogen) atoms. The minimum atomic E-state index is 0. The minimum absolute atomic E-state index is 0. The predicted molar refractivity (Wildman–Crippen MR) is 28.0 cm³/mol. The molecule has 0 aromatic rings. The van der Waals surface area contributed by atoms with Crippen molar-refractivity contribution in [1.82, 2.24) is 0 Å². The maximum absolute atomic E-state index is 2.99. The van der Waals surface area contributed by atoms with Crippen LogP contribution in [0.5, 0.6) is 0 Å². The zero-order chi connectivity index (χ0) is 3.54. The fourth-order valence-corrected chi connectivity index (χ4v) is 0.340. The van der Waals surface area contributed by atoms with Crippen LogP contribution in [0.4, 0.5) is 0 Å². The van der Waals surface area contributed by atoms with Gasteiger partial charge in [-0.1, -0.05) is 0 Å². The molecular formula is C6H8Cl3Hf-5. The Balaban J connectivity index is -0.0000000167. The van der Waals surface area contributed by atoms with Crippen molar-refractivity contribution in [2.24, 2.45) is 0 Å². The largest absolute Gasteiger partial charge is 1.00 e. The van der Waals surface area contributed by atoms with Gasteiger partial charge in [0.1, 0.15) is 0 Å². The van der Waals surface area contributed by atoms with Crippen LogP contribution in [0.3, 0.4) is 0 Å². The van der Waals surface area contributed by atoms with E-state index in [-0.39, 0.29) is 70.5 Å². The Kier molecular flexibility index (Phi) is 68.0. The molecule has 0 fully saturated rings.